The number of rotatable bonds is 5. The molecule has 0 radical (unpaired) electrons. The minimum atomic E-state index is -0.931. The lowest BCUT2D eigenvalue weighted by Gasteiger charge is -2.06. The maximum atomic E-state index is 11.6. The van der Waals surface area contributed by atoms with Crippen LogP contribution in [0.2, 0.25) is 5.02 Å². The molecule has 1 heterocycles. The van der Waals surface area contributed by atoms with Gasteiger partial charge in [0, 0.05) is 35.5 Å². The molecule has 1 rings (SSSR count). The third-order valence-electron chi connectivity index (χ3n) is 1.92. The van der Waals surface area contributed by atoms with Gasteiger partial charge in [-0.25, -0.2) is 10.8 Å². The largest absolute Gasteiger partial charge is 0.351 e. The Morgan fingerprint density at radius 1 is 1.65 bits per heavy atom. The van der Waals surface area contributed by atoms with Crippen molar-refractivity contribution in [3.05, 3.63) is 22.8 Å². The minimum Gasteiger partial charge on any atom is -0.351 e. The molecule has 6 nitrogen and oxygen atoms in total. The van der Waals surface area contributed by atoms with Gasteiger partial charge in [0.25, 0.3) is 5.91 Å². The van der Waals surface area contributed by atoms with Gasteiger partial charge in [-0.05, 0) is 6.07 Å². The number of hydrogen-bond acceptors (Lipinski definition) is 5. The summed E-state index contributed by atoms with van der Waals surface area (Å²) in [5.41, 5.74) is 2.63. The van der Waals surface area contributed by atoms with E-state index in [1.807, 2.05) is 0 Å². The van der Waals surface area contributed by atoms with Gasteiger partial charge in [-0.2, -0.15) is 0 Å². The Labute approximate surface area is 106 Å². The molecule has 1 atom stereocenters. The van der Waals surface area contributed by atoms with Gasteiger partial charge < -0.3 is 10.7 Å². The fourth-order valence-corrected chi connectivity index (χ4v) is 1.69. The Bertz CT molecular complexity index is 441. The zero-order valence-electron chi connectivity index (χ0n) is 9.20. The summed E-state index contributed by atoms with van der Waals surface area (Å²) in [4.78, 5) is 15.5. The molecule has 17 heavy (non-hydrogen) atoms. The van der Waals surface area contributed by atoms with Gasteiger partial charge in [0.2, 0.25) is 0 Å². The van der Waals surface area contributed by atoms with Crippen LogP contribution in [0.1, 0.15) is 10.4 Å². The summed E-state index contributed by atoms with van der Waals surface area (Å²) >= 11 is 5.82. The summed E-state index contributed by atoms with van der Waals surface area (Å²) in [7, 11) is -0.931. The molecule has 8 heteroatoms. The molecule has 0 aliphatic heterocycles. The quantitative estimate of drug-likeness (QED) is 0.525. The summed E-state index contributed by atoms with van der Waals surface area (Å²) in [6.45, 7) is 0.344. The molecule has 0 fully saturated rings. The second kappa shape index (κ2) is 6.53. The van der Waals surface area contributed by atoms with Crippen molar-refractivity contribution in [3.63, 3.8) is 0 Å². The van der Waals surface area contributed by atoms with Crippen LogP contribution in [0.3, 0.4) is 0 Å². The number of halogens is 1. The van der Waals surface area contributed by atoms with Crippen LogP contribution in [0.4, 0.5) is 5.82 Å². The number of hydrogen-bond donors (Lipinski definition) is 3. The van der Waals surface area contributed by atoms with Crippen molar-refractivity contribution < 1.29 is 9.00 Å². The van der Waals surface area contributed by atoms with Gasteiger partial charge in [-0.15, -0.1) is 0 Å². The minimum absolute atomic E-state index is 0.263. The zero-order chi connectivity index (χ0) is 12.8. The van der Waals surface area contributed by atoms with E-state index in [0.29, 0.717) is 23.7 Å². The topological polar surface area (TPSA) is 97.1 Å². The van der Waals surface area contributed by atoms with Gasteiger partial charge in [-0.3, -0.25) is 9.00 Å². The number of anilines is 1. The molecule has 0 aliphatic rings. The number of nitrogens with zero attached hydrogens (tertiary/aromatic N) is 1. The summed E-state index contributed by atoms with van der Waals surface area (Å²) in [5, 5.41) is 2.88. The lowest BCUT2D eigenvalue weighted by molar-refractivity contribution is 0.0956. The van der Waals surface area contributed by atoms with Crippen molar-refractivity contribution in [2.24, 2.45) is 5.84 Å². The van der Waals surface area contributed by atoms with Crippen LogP contribution in [0, 0.1) is 0 Å². The first-order chi connectivity index (χ1) is 8.04. The van der Waals surface area contributed by atoms with E-state index in [4.69, 9.17) is 17.4 Å². The molecule has 0 spiro atoms. The smallest absolute Gasteiger partial charge is 0.252 e. The summed E-state index contributed by atoms with van der Waals surface area (Å²) in [5.74, 6) is 5.56. The average Bonchev–Trinajstić information content (AvgIpc) is 2.28. The Hall–Kier alpha value is -1.18. The fourth-order valence-electron chi connectivity index (χ4n) is 1.08. The van der Waals surface area contributed by atoms with Gasteiger partial charge in [0.1, 0.15) is 0 Å². The van der Waals surface area contributed by atoms with Crippen molar-refractivity contribution in [1.29, 1.82) is 0 Å². The molecule has 1 unspecified atom stereocenters. The van der Waals surface area contributed by atoms with E-state index in [1.54, 1.807) is 6.26 Å². The van der Waals surface area contributed by atoms with Crippen molar-refractivity contribution in [3.8, 4) is 0 Å². The highest BCUT2D eigenvalue weighted by molar-refractivity contribution is 7.84. The standard InChI is InChI=1S/C9H13ClN4O2S/c1-17(16)3-2-12-9(15)6-4-7(10)8(14-11)13-5-6/h4-5H,2-3,11H2,1H3,(H,12,15)(H,13,14). The maximum absolute atomic E-state index is 11.6. The number of nitrogens with two attached hydrogens (primary N) is 1. The molecule has 0 saturated heterocycles. The molecule has 0 aliphatic carbocycles. The molecule has 0 aromatic carbocycles. The second-order valence-corrected chi connectivity index (χ2v) is 5.19. The zero-order valence-corrected chi connectivity index (χ0v) is 10.8. The van der Waals surface area contributed by atoms with Crippen molar-refractivity contribution in [2.45, 2.75) is 0 Å². The average molecular weight is 277 g/mol. The van der Waals surface area contributed by atoms with Gasteiger partial charge in [0.05, 0.1) is 10.6 Å². The number of aromatic nitrogens is 1. The molecule has 1 aromatic heterocycles. The highest BCUT2D eigenvalue weighted by Gasteiger charge is 2.09. The molecule has 1 amide bonds. The lowest BCUT2D eigenvalue weighted by atomic mass is 10.2. The lowest BCUT2D eigenvalue weighted by Crippen LogP contribution is -2.27. The summed E-state index contributed by atoms with van der Waals surface area (Å²) < 4.78 is 10.8. The predicted molar refractivity (Wildman–Crippen MR) is 68.3 cm³/mol. The van der Waals surface area contributed by atoms with E-state index in [0.717, 1.165) is 0 Å². The molecule has 1 aromatic rings. The van der Waals surface area contributed by atoms with E-state index in [1.165, 1.54) is 12.3 Å². The number of carbonyl (C=O) groups excluding carboxylic acids is 1. The van der Waals surface area contributed by atoms with Crippen molar-refractivity contribution in [2.75, 3.05) is 24.0 Å². The van der Waals surface area contributed by atoms with E-state index in [9.17, 15) is 9.00 Å². The van der Waals surface area contributed by atoms with Crippen LogP contribution in [-0.4, -0.2) is 33.7 Å². The molecule has 0 bridgehead atoms. The van der Waals surface area contributed by atoms with Crippen LogP contribution in [0.5, 0.6) is 0 Å². The third kappa shape index (κ3) is 4.29. The van der Waals surface area contributed by atoms with Gasteiger partial charge in [0.15, 0.2) is 5.82 Å². The Kier molecular flexibility index (Phi) is 5.33. The first-order valence-corrected chi connectivity index (χ1v) is 6.85. The third-order valence-corrected chi connectivity index (χ3v) is 2.98. The van der Waals surface area contributed by atoms with E-state index < -0.39 is 10.8 Å². The van der Waals surface area contributed by atoms with E-state index in [2.05, 4.69) is 15.7 Å². The fraction of sp³-hybridized carbons (Fsp3) is 0.333. The second-order valence-electron chi connectivity index (χ2n) is 3.23. The van der Waals surface area contributed by atoms with Gasteiger partial charge in [-0.1, -0.05) is 11.6 Å². The maximum Gasteiger partial charge on any atom is 0.252 e. The molecular weight excluding hydrogens is 264 g/mol. The van der Waals surface area contributed by atoms with E-state index in [-0.39, 0.29) is 10.9 Å². The number of amides is 1. The Balaban J connectivity index is 2.63. The first kappa shape index (κ1) is 13.9. The molecule has 0 saturated carbocycles. The number of nitrogen functional groups attached to an aromatic ring is 1. The molecular formula is C9H13ClN4O2S. The van der Waals surface area contributed by atoms with Crippen LogP contribution in [0.15, 0.2) is 12.3 Å². The first-order valence-electron chi connectivity index (χ1n) is 4.75. The highest BCUT2D eigenvalue weighted by Crippen LogP contribution is 2.18. The highest BCUT2D eigenvalue weighted by atomic mass is 35.5. The van der Waals surface area contributed by atoms with E-state index >= 15 is 0 Å². The molecule has 94 valence electrons. The monoisotopic (exact) mass is 276 g/mol. The number of hydrazine groups is 1. The summed E-state index contributed by atoms with van der Waals surface area (Å²) in [6.07, 6.45) is 2.94. The Morgan fingerprint density at radius 2 is 2.35 bits per heavy atom. The van der Waals surface area contributed by atoms with Crippen LogP contribution in [-0.2, 0) is 10.8 Å². The van der Waals surface area contributed by atoms with Crippen LogP contribution in [0.25, 0.3) is 0 Å². The van der Waals surface area contributed by atoms with Crippen molar-refractivity contribution in [1.82, 2.24) is 10.3 Å². The number of pyridine rings is 1. The SMILES string of the molecule is CS(=O)CCNC(=O)c1cnc(NN)c(Cl)c1. The molecule has 4 N–H and O–H groups in total. The normalized spacial score (nSPS) is 11.9. The summed E-state index contributed by atoms with van der Waals surface area (Å²) in [6, 6.07) is 1.46. The Morgan fingerprint density at radius 3 is 2.88 bits per heavy atom. The van der Waals surface area contributed by atoms with Crippen molar-refractivity contribution >= 4 is 34.1 Å². The van der Waals surface area contributed by atoms with Crippen LogP contribution < -0.4 is 16.6 Å². The van der Waals surface area contributed by atoms with Gasteiger partial charge >= 0.3 is 0 Å². The van der Waals surface area contributed by atoms with Crippen LogP contribution >= 0.6 is 11.6 Å². The number of nitrogens with one attached hydrogen (secondary N) is 2. The number of carbonyl (C=O) groups is 1. The predicted octanol–water partition coefficient (Wildman–Crippen LogP) is 0.129.